The van der Waals surface area contributed by atoms with E-state index in [1.165, 1.54) is 0 Å². The second kappa shape index (κ2) is 8.42. The Hall–Kier alpha value is -4.30. The number of nitrogens with zero attached hydrogens (tertiary/aromatic N) is 3. The number of oxime groups is 1. The molecule has 1 N–H and O–H groups in total. The number of aliphatic hydroxyl groups is 1. The predicted molar refractivity (Wildman–Crippen MR) is 133 cm³/mol. The fraction of sp³-hybridized carbons (Fsp3) is 0.214. The Balaban J connectivity index is 1.47. The van der Waals surface area contributed by atoms with E-state index in [9.17, 15) is 14.7 Å². The van der Waals surface area contributed by atoms with Gasteiger partial charge in [0.05, 0.1) is 35.2 Å². The number of para-hydroxylation sites is 1. The van der Waals surface area contributed by atoms with E-state index in [2.05, 4.69) is 5.16 Å². The third-order valence-electron chi connectivity index (χ3n) is 6.97. The van der Waals surface area contributed by atoms with Crippen molar-refractivity contribution in [2.45, 2.75) is 38.7 Å². The summed E-state index contributed by atoms with van der Waals surface area (Å²) in [6.07, 6.45) is 1.76. The summed E-state index contributed by atoms with van der Waals surface area (Å²) in [5.41, 5.74) is 2.98. The summed E-state index contributed by atoms with van der Waals surface area (Å²) in [6, 6.07) is 19.2. The number of rotatable bonds is 5. The number of hydrogen-bond donors (Lipinski definition) is 1. The highest BCUT2D eigenvalue weighted by atomic mass is 16.6. The molecule has 0 amide bonds. The molecule has 0 bridgehead atoms. The summed E-state index contributed by atoms with van der Waals surface area (Å²) in [5, 5.41) is 16.2. The molecule has 0 spiro atoms. The lowest BCUT2D eigenvalue weighted by molar-refractivity contribution is -0.172. The summed E-state index contributed by atoms with van der Waals surface area (Å²) >= 11 is 0. The minimum absolute atomic E-state index is 0.0936. The highest BCUT2D eigenvalue weighted by Gasteiger charge is 2.45. The van der Waals surface area contributed by atoms with Crippen LogP contribution in [0.15, 0.2) is 70.6 Å². The van der Waals surface area contributed by atoms with Gasteiger partial charge in [0, 0.05) is 22.1 Å². The average molecular weight is 482 g/mol. The molecule has 2 aliphatic heterocycles. The van der Waals surface area contributed by atoms with E-state index in [-0.39, 0.29) is 25.1 Å². The fourth-order valence-corrected chi connectivity index (χ4v) is 4.98. The smallest absolute Gasteiger partial charge is 0.343 e. The Morgan fingerprint density at radius 1 is 1.14 bits per heavy atom. The minimum Gasteiger partial charge on any atom is -0.458 e. The van der Waals surface area contributed by atoms with Gasteiger partial charge in [-0.2, -0.15) is 0 Å². The molecule has 2 aromatic carbocycles. The van der Waals surface area contributed by atoms with Crippen molar-refractivity contribution in [1.82, 2.24) is 9.55 Å². The van der Waals surface area contributed by atoms with Gasteiger partial charge in [0.1, 0.15) is 13.2 Å². The van der Waals surface area contributed by atoms with Crippen molar-refractivity contribution in [3.63, 3.8) is 0 Å². The van der Waals surface area contributed by atoms with Crippen LogP contribution in [-0.4, -0.2) is 26.8 Å². The first kappa shape index (κ1) is 22.2. The van der Waals surface area contributed by atoms with Crippen molar-refractivity contribution in [3.8, 4) is 11.4 Å². The third-order valence-corrected chi connectivity index (χ3v) is 6.97. The number of pyridine rings is 2. The van der Waals surface area contributed by atoms with E-state index in [1.807, 2.05) is 54.6 Å². The summed E-state index contributed by atoms with van der Waals surface area (Å²) < 4.78 is 6.78. The number of benzene rings is 2. The van der Waals surface area contributed by atoms with Crippen LogP contribution in [-0.2, 0) is 39.7 Å². The van der Waals surface area contributed by atoms with Crippen molar-refractivity contribution in [1.29, 1.82) is 0 Å². The zero-order chi connectivity index (χ0) is 24.9. The van der Waals surface area contributed by atoms with Crippen LogP contribution in [0.3, 0.4) is 0 Å². The van der Waals surface area contributed by atoms with Gasteiger partial charge >= 0.3 is 5.97 Å². The number of ether oxygens (including phenoxy) is 1. The quantitative estimate of drug-likeness (QED) is 0.234. The Labute approximate surface area is 206 Å². The molecule has 0 fully saturated rings. The first-order chi connectivity index (χ1) is 17.5. The van der Waals surface area contributed by atoms with E-state index >= 15 is 0 Å². The Morgan fingerprint density at radius 2 is 1.92 bits per heavy atom. The van der Waals surface area contributed by atoms with Crippen molar-refractivity contribution < 1.29 is 19.5 Å². The zero-order valence-corrected chi connectivity index (χ0v) is 19.6. The fourth-order valence-electron chi connectivity index (χ4n) is 4.98. The van der Waals surface area contributed by atoms with Gasteiger partial charge in [0.15, 0.2) is 5.60 Å². The van der Waals surface area contributed by atoms with Gasteiger partial charge in [-0.3, -0.25) is 4.79 Å². The Kier molecular flexibility index (Phi) is 5.19. The first-order valence-electron chi connectivity index (χ1n) is 11.8. The van der Waals surface area contributed by atoms with Gasteiger partial charge in [-0.15, -0.1) is 0 Å². The third kappa shape index (κ3) is 3.33. The summed E-state index contributed by atoms with van der Waals surface area (Å²) in [4.78, 5) is 36.3. The maximum Gasteiger partial charge on any atom is 0.343 e. The maximum absolute atomic E-state index is 13.5. The van der Waals surface area contributed by atoms with Gasteiger partial charge in [-0.05, 0) is 24.1 Å². The monoisotopic (exact) mass is 481 g/mol. The molecule has 4 heterocycles. The zero-order valence-electron chi connectivity index (χ0n) is 19.6. The molecule has 6 rings (SSSR count). The van der Waals surface area contributed by atoms with Crippen molar-refractivity contribution in [2.24, 2.45) is 5.16 Å². The molecule has 2 aliphatic rings. The van der Waals surface area contributed by atoms with Crippen LogP contribution in [0.1, 0.15) is 41.2 Å². The van der Waals surface area contributed by atoms with Crippen LogP contribution in [0.25, 0.3) is 22.3 Å². The summed E-state index contributed by atoms with van der Waals surface area (Å²) in [5.74, 6) is -0.741. The Bertz CT molecular complexity index is 1610. The molecule has 180 valence electrons. The van der Waals surface area contributed by atoms with Crippen LogP contribution >= 0.6 is 0 Å². The predicted octanol–water partition coefficient (Wildman–Crippen LogP) is 3.63. The van der Waals surface area contributed by atoms with Gasteiger partial charge in [0.25, 0.3) is 5.56 Å². The molecule has 2 aromatic heterocycles. The summed E-state index contributed by atoms with van der Waals surface area (Å²) in [6.45, 7) is 2.14. The molecule has 8 nitrogen and oxygen atoms in total. The lowest BCUT2D eigenvalue weighted by Crippen LogP contribution is -2.44. The number of cyclic esters (lactones) is 1. The van der Waals surface area contributed by atoms with Gasteiger partial charge in [0.2, 0.25) is 0 Å². The number of carbonyl (C=O) groups excluding carboxylic acids is 1. The second-order valence-electron chi connectivity index (χ2n) is 8.97. The van der Waals surface area contributed by atoms with E-state index < -0.39 is 11.6 Å². The molecule has 0 saturated heterocycles. The normalized spacial score (nSPS) is 18.1. The van der Waals surface area contributed by atoms with E-state index in [4.69, 9.17) is 14.6 Å². The molecule has 1 atom stereocenters. The van der Waals surface area contributed by atoms with Crippen LogP contribution in [0.5, 0.6) is 0 Å². The largest absolute Gasteiger partial charge is 0.458 e. The second-order valence-corrected chi connectivity index (χ2v) is 8.97. The molecule has 36 heavy (non-hydrogen) atoms. The summed E-state index contributed by atoms with van der Waals surface area (Å²) in [7, 11) is 0. The number of esters is 1. The highest BCUT2D eigenvalue weighted by Crippen LogP contribution is 2.39. The lowest BCUT2D eigenvalue weighted by Gasteiger charge is -2.31. The average Bonchev–Trinajstić information content (AvgIpc) is 3.28. The minimum atomic E-state index is -1.86. The molecular weight excluding hydrogens is 458 g/mol. The number of hydrogen-bond acceptors (Lipinski definition) is 7. The maximum atomic E-state index is 13.5. The van der Waals surface area contributed by atoms with Gasteiger partial charge in [-0.25, -0.2) is 9.78 Å². The Morgan fingerprint density at radius 3 is 2.72 bits per heavy atom. The molecule has 4 aromatic rings. The van der Waals surface area contributed by atoms with Crippen molar-refractivity contribution in [2.75, 3.05) is 0 Å². The molecule has 0 unspecified atom stereocenters. The van der Waals surface area contributed by atoms with Crippen LogP contribution < -0.4 is 5.56 Å². The number of fused-ring (bicyclic) bond motifs is 5. The molecule has 0 radical (unpaired) electrons. The standard InChI is InChI=1S/C28H23N3O5/c1-2-28(34)22-12-24-25-20(14-31(24)26(32)21(22)16-35-27(28)33)19(18-10-6-7-11-23(18)30-25)13-29-36-15-17-8-4-3-5-9-17/h3-13,34H,2,14-16H2,1H3/b29-13+/t28-/m0/s1. The SMILES string of the molecule is CC[C@@]1(O)C(=O)OCc2c1cc1n(c2=O)Cc2c-1nc1ccccc1c2/C=N/OCc1ccccc1. The molecule has 8 heteroatoms. The van der Waals surface area contributed by atoms with E-state index in [0.29, 0.717) is 29.1 Å². The van der Waals surface area contributed by atoms with Gasteiger partial charge < -0.3 is 19.2 Å². The number of aromatic nitrogens is 2. The van der Waals surface area contributed by atoms with Gasteiger partial charge in [-0.1, -0.05) is 60.6 Å². The van der Waals surface area contributed by atoms with Crippen LogP contribution in [0.4, 0.5) is 0 Å². The molecule has 0 saturated carbocycles. The van der Waals surface area contributed by atoms with E-state index in [0.717, 1.165) is 27.6 Å². The van der Waals surface area contributed by atoms with Crippen LogP contribution in [0.2, 0.25) is 0 Å². The van der Waals surface area contributed by atoms with E-state index in [1.54, 1.807) is 23.8 Å². The first-order valence-corrected chi connectivity index (χ1v) is 11.8. The molecular formula is C28H23N3O5. The lowest BCUT2D eigenvalue weighted by atomic mass is 9.86. The van der Waals surface area contributed by atoms with Crippen molar-refractivity contribution >= 4 is 23.1 Å². The van der Waals surface area contributed by atoms with Crippen molar-refractivity contribution in [3.05, 3.63) is 98.8 Å². The van der Waals surface area contributed by atoms with Crippen LogP contribution in [0, 0.1) is 0 Å². The molecule has 0 aliphatic carbocycles. The topological polar surface area (TPSA) is 103 Å². The highest BCUT2D eigenvalue weighted by molar-refractivity contribution is 6.02. The number of carbonyl (C=O) groups is 1.